The van der Waals surface area contributed by atoms with E-state index < -0.39 is 11.7 Å². The lowest BCUT2D eigenvalue weighted by Crippen LogP contribution is -2.23. The Morgan fingerprint density at radius 1 is 0.960 bits per heavy atom. The van der Waals surface area contributed by atoms with E-state index in [1.807, 2.05) is 6.07 Å². The SMILES string of the molecule is O=C(Nc1ccccc1)c1nnc(CNC(=O)c2ccccc2F)s1. The monoisotopic (exact) mass is 356 g/mol. The molecule has 3 rings (SSSR count). The molecular weight excluding hydrogens is 343 g/mol. The highest BCUT2D eigenvalue weighted by atomic mass is 32.1. The highest BCUT2D eigenvalue weighted by Gasteiger charge is 2.15. The second kappa shape index (κ2) is 7.63. The number of rotatable bonds is 5. The molecule has 126 valence electrons. The fourth-order valence-electron chi connectivity index (χ4n) is 2.02. The Morgan fingerprint density at radius 3 is 2.44 bits per heavy atom. The average Bonchev–Trinajstić information content (AvgIpc) is 3.10. The third-order valence-corrected chi connectivity index (χ3v) is 4.13. The van der Waals surface area contributed by atoms with Gasteiger partial charge in [-0.3, -0.25) is 9.59 Å². The summed E-state index contributed by atoms with van der Waals surface area (Å²) in [4.78, 5) is 24.0. The molecular formula is C17H13FN4O2S. The summed E-state index contributed by atoms with van der Waals surface area (Å²) in [5, 5.41) is 13.6. The molecule has 0 unspecified atom stereocenters. The van der Waals surface area contributed by atoms with Crippen LogP contribution in [0.15, 0.2) is 54.6 Å². The van der Waals surface area contributed by atoms with Gasteiger partial charge in [0.15, 0.2) is 0 Å². The van der Waals surface area contributed by atoms with Crippen LogP contribution in [0.4, 0.5) is 10.1 Å². The van der Waals surface area contributed by atoms with Gasteiger partial charge in [0, 0.05) is 5.69 Å². The van der Waals surface area contributed by atoms with Crippen LogP contribution in [0, 0.1) is 5.82 Å². The second-order valence-electron chi connectivity index (χ2n) is 4.98. The zero-order valence-corrected chi connectivity index (χ0v) is 13.7. The topological polar surface area (TPSA) is 84.0 Å². The smallest absolute Gasteiger partial charge is 0.286 e. The summed E-state index contributed by atoms with van der Waals surface area (Å²) in [6.45, 7) is 0.0590. The van der Waals surface area contributed by atoms with Crippen molar-refractivity contribution in [2.24, 2.45) is 0 Å². The first-order valence-corrected chi connectivity index (χ1v) is 8.16. The van der Waals surface area contributed by atoms with Crippen molar-refractivity contribution in [3.63, 3.8) is 0 Å². The van der Waals surface area contributed by atoms with Gasteiger partial charge in [0.2, 0.25) is 5.01 Å². The molecule has 0 saturated heterocycles. The quantitative estimate of drug-likeness (QED) is 0.736. The predicted molar refractivity (Wildman–Crippen MR) is 91.9 cm³/mol. The van der Waals surface area contributed by atoms with Crippen LogP contribution in [0.1, 0.15) is 25.2 Å². The van der Waals surface area contributed by atoms with Gasteiger partial charge in [-0.2, -0.15) is 0 Å². The lowest BCUT2D eigenvalue weighted by atomic mass is 10.2. The number of halogens is 1. The highest BCUT2D eigenvalue weighted by Crippen LogP contribution is 2.13. The predicted octanol–water partition coefficient (Wildman–Crippen LogP) is 2.86. The van der Waals surface area contributed by atoms with Crippen molar-refractivity contribution in [1.29, 1.82) is 0 Å². The maximum atomic E-state index is 13.5. The van der Waals surface area contributed by atoms with Crippen LogP contribution < -0.4 is 10.6 Å². The van der Waals surface area contributed by atoms with Crippen molar-refractivity contribution >= 4 is 28.8 Å². The molecule has 1 aromatic heterocycles. The van der Waals surface area contributed by atoms with Crippen LogP contribution in [0.5, 0.6) is 0 Å². The van der Waals surface area contributed by atoms with Gasteiger partial charge in [-0.05, 0) is 24.3 Å². The molecule has 0 spiro atoms. The van der Waals surface area contributed by atoms with Crippen molar-refractivity contribution in [3.05, 3.63) is 76.0 Å². The van der Waals surface area contributed by atoms with Crippen LogP contribution in [-0.2, 0) is 6.54 Å². The van der Waals surface area contributed by atoms with Gasteiger partial charge < -0.3 is 10.6 Å². The molecule has 2 amide bonds. The van der Waals surface area contributed by atoms with E-state index >= 15 is 0 Å². The average molecular weight is 356 g/mol. The molecule has 0 aliphatic rings. The Morgan fingerprint density at radius 2 is 1.68 bits per heavy atom. The van der Waals surface area contributed by atoms with Crippen LogP contribution >= 0.6 is 11.3 Å². The van der Waals surface area contributed by atoms with Crippen molar-refractivity contribution in [3.8, 4) is 0 Å². The minimum atomic E-state index is -0.597. The van der Waals surface area contributed by atoms with Crippen molar-refractivity contribution < 1.29 is 14.0 Å². The Kier molecular flexibility index (Phi) is 5.10. The number of aromatic nitrogens is 2. The van der Waals surface area contributed by atoms with Crippen LogP contribution in [0.25, 0.3) is 0 Å². The van der Waals surface area contributed by atoms with E-state index in [0.717, 1.165) is 11.3 Å². The molecule has 2 aromatic carbocycles. The molecule has 1 heterocycles. The van der Waals surface area contributed by atoms with Gasteiger partial charge in [-0.1, -0.05) is 41.7 Å². The normalized spacial score (nSPS) is 10.3. The molecule has 0 aliphatic heterocycles. The van der Waals surface area contributed by atoms with Gasteiger partial charge in [-0.25, -0.2) is 4.39 Å². The van der Waals surface area contributed by atoms with Gasteiger partial charge in [0.25, 0.3) is 11.8 Å². The van der Waals surface area contributed by atoms with Gasteiger partial charge in [-0.15, -0.1) is 10.2 Å². The first kappa shape index (κ1) is 16.7. The minimum absolute atomic E-state index is 0.0472. The molecule has 0 aliphatic carbocycles. The lowest BCUT2D eigenvalue weighted by molar-refractivity contribution is 0.0946. The van der Waals surface area contributed by atoms with Crippen molar-refractivity contribution in [1.82, 2.24) is 15.5 Å². The molecule has 6 nitrogen and oxygen atoms in total. The standard InChI is InChI=1S/C17H13FN4O2S/c18-13-9-5-4-8-12(13)15(23)19-10-14-21-22-17(25-14)16(24)20-11-6-2-1-3-7-11/h1-9H,10H2,(H,19,23)(H,20,24). The van der Waals surface area contributed by atoms with E-state index in [1.165, 1.54) is 18.2 Å². The van der Waals surface area contributed by atoms with E-state index in [0.29, 0.717) is 10.7 Å². The largest absolute Gasteiger partial charge is 0.345 e. The molecule has 0 bridgehead atoms. The Hall–Kier alpha value is -3.13. The van der Waals surface area contributed by atoms with Gasteiger partial charge >= 0.3 is 0 Å². The van der Waals surface area contributed by atoms with Crippen LogP contribution in [0.2, 0.25) is 0 Å². The number of nitrogens with zero attached hydrogens (tertiary/aromatic N) is 2. The fraction of sp³-hybridized carbons (Fsp3) is 0.0588. The van der Waals surface area contributed by atoms with Crippen LogP contribution in [0.3, 0.4) is 0 Å². The summed E-state index contributed by atoms with van der Waals surface area (Å²) in [6.07, 6.45) is 0. The zero-order chi connectivity index (χ0) is 17.6. The van der Waals surface area contributed by atoms with E-state index in [9.17, 15) is 14.0 Å². The molecule has 0 saturated carbocycles. The number of carbonyl (C=O) groups excluding carboxylic acids is 2. The maximum Gasteiger partial charge on any atom is 0.286 e. The van der Waals surface area contributed by atoms with Gasteiger partial charge in [0.1, 0.15) is 10.8 Å². The minimum Gasteiger partial charge on any atom is -0.345 e. The summed E-state index contributed by atoms with van der Waals surface area (Å²) < 4.78 is 13.5. The Balaban J connectivity index is 1.59. The summed E-state index contributed by atoms with van der Waals surface area (Å²) in [6, 6.07) is 14.7. The molecule has 2 N–H and O–H groups in total. The number of benzene rings is 2. The van der Waals surface area contributed by atoms with Crippen molar-refractivity contribution in [2.75, 3.05) is 5.32 Å². The summed E-state index contributed by atoms with van der Waals surface area (Å²) in [5.41, 5.74) is 0.603. The van der Waals surface area contributed by atoms with Crippen LogP contribution in [-0.4, -0.2) is 22.0 Å². The van der Waals surface area contributed by atoms with E-state index in [2.05, 4.69) is 20.8 Å². The number of hydrogen-bond acceptors (Lipinski definition) is 5. The number of anilines is 1. The molecule has 25 heavy (non-hydrogen) atoms. The number of nitrogens with one attached hydrogen (secondary N) is 2. The number of carbonyl (C=O) groups is 2. The maximum absolute atomic E-state index is 13.5. The highest BCUT2D eigenvalue weighted by molar-refractivity contribution is 7.13. The molecule has 0 fully saturated rings. The lowest BCUT2D eigenvalue weighted by Gasteiger charge is -2.03. The molecule has 8 heteroatoms. The zero-order valence-electron chi connectivity index (χ0n) is 12.9. The fourth-order valence-corrected chi connectivity index (χ4v) is 2.69. The first-order chi connectivity index (χ1) is 12.1. The van der Waals surface area contributed by atoms with E-state index in [1.54, 1.807) is 30.3 Å². The second-order valence-corrected chi connectivity index (χ2v) is 6.05. The number of amides is 2. The van der Waals surface area contributed by atoms with Gasteiger partial charge in [0.05, 0.1) is 12.1 Å². The molecule has 0 radical (unpaired) electrons. The van der Waals surface area contributed by atoms with Crippen molar-refractivity contribution in [2.45, 2.75) is 6.54 Å². The Bertz CT molecular complexity index is 898. The third kappa shape index (κ3) is 4.24. The number of hydrogen-bond donors (Lipinski definition) is 2. The summed E-state index contributed by atoms with van der Waals surface area (Å²) in [7, 11) is 0. The first-order valence-electron chi connectivity index (χ1n) is 7.35. The Labute approximate surface area is 146 Å². The van der Waals surface area contributed by atoms with E-state index in [-0.39, 0.29) is 23.0 Å². The third-order valence-electron chi connectivity index (χ3n) is 3.21. The molecule has 0 atom stereocenters. The van der Waals surface area contributed by atoms with E-state index in [4.69, 9.17) is 0 Å². The molecule has 3 aromatic rings. The number of para-hydroxylation sites is 1. The summed E-state index contributed by atoms with van der Waals surface area (Å²) in [5.74, 6) is -1.53. The summed E-state index contributed by atoms with van der Waals surface area (Å²) >= 11 is 1.06.